The number of benzene rings is 2. The molecule has 1 aliphatic rings. The van der Waals surface area contributed by atoms with Gasteiger partial charge in [0.05, 0.1) is 16.3 Å². The highest BCUT2D eigenvalue weighted by atomic mass is 35.5. The van der Waals surface area contributed by atoms with Crippen LogP contribution in [0.1, 0.15) is 12.8 Å². The minimum Gasteiger partial charge on any atom is -0.404 e. The second kappa shape index (κ2) is 11.4. The van der Waals surface area contributed by atoms with Gasteiger partial charge in [-0.2, -0.15) is 4.31 Å². The number of imidazole rings is 1. The lowest BCUT2D eigenvalue weighted by Crippen LogP contribution is -2.45. The Morgan fingerprint density at radius 3 is 2.71 bits per heavy atom. The first-order valence-corrected chi connectivity index (χ1v) is 17.0. The number of halogens is 1. The van der Waals surface area contributed by atoms with Gasteiger partial charge in [-0.1, -0.05) is 23.7 Å². The predicted octanol–water partition coefficient (Wildman–Crippen LogP) is 4.91. The summed E-state index contributed by atoms with van der Waals surface area (Å²) in [7, 11) is -8.44. The van der Waals surface area contributed by atoms with Crippen molar-refractivity contribution in [3.63, 3.8) is 0 Å². The van der Waals surface area contributed by atoms with Gasteiger partial charge in [0.2, 0.25) is 16.0 Å². The van der Waals surface area contributed by atoms with Crippen LogP contribution < -0.4 is 9.84 Å². The summed E-state index contributed by atoms with van der Waals surface area (Å²) in [6.45, 7) is 0.655. The molecule has 1 unspecified atom stereocenters. The minimum absolute atomic E-state index is 0.00332. The number of thiazole rings is 1. The van der Waals surface area contributed by atoms with Crippen LogP contribution >= 0.6 is 30.8 Å². The van der Waals surface area contributed by atoms with E-state index in [0.29, 0.717) is 51.5 Å². The molecule has 4 heterocycles. The molecule has 0 bridgehead atoms. The zero-order valence-electron chi connectivity index (χ0n) is 21.7. The Morgan fingerprint density at radius 2 is 1.93 bits per heavy atom. The molecule has 16 heteroatoms. The van der Waals surface area contributed by atoms with Crippen molar-refractivity contribution in [2.24, 2.45) is 0 Å². The first-order chi connectivity index (χ1) is 20.1. The second-order valence-electron chi connectivity index (χ2n) is 9.54. The molecule has 3 aromatic heterocycles. The van der Waals surface area contributed by atoms with Crippen LogP contribution in [0.4, 0.5) is 5.95 Å². The third-order valence-electron chi connectivity index (χ3n) is 6.66. The average Bonchev–Trinajstić information content (AvgIpc) is 3.55. The topological polar surface area (TPSA) is 159 Å². The molecule has 1 saturated heterocycles. The lowest BCUT2D eigenvalue weighted by molar-refractivity contribution is 0.283. The van der Waals surface area contributed by atoms with Crippen molar-refractivity contribution in [1.29, 1.82) is 0 Å². The SMILES string of the molecule is O=P(O)(O)Oc1cccc(-c2nc3sccn3c2-c2ccnc(NC3CCCN(S(=O)(=O)c4ccc(Cl)cc4)C3)n2)c1. The Bertz CT molecular complexity index is 1910. The summed E-state index contributed by atoms with van der Waals surface area (Å²) < 4.78 is 46.0. The maximum atomic E-state index is 13.2. The van der Waals surface area contributed by atoms with E-state index in [1.165, 1.54) is 39.9 Å². The van der Waals surface area contributed by atoms with Gasteiger partial charge in [-0.05, 0) is 55.3 Å². The molecule has 6 rings (SSSR count). The summed E-state index contributed by atoms with van der Waals surface area (Å²) in [4.78, 5) is 33.3. The van der Waals surface area contributed by atoms with Crippen LogP contribution in [0.25, 0.3) is 27.6 Å². The maximum absolute atomic E-state index is 13.2. The van der Waals surface area contributed by atoms with Crippen LogP contribution in [-0.2, 0) is 14.6 Å². The number of anilines is 1. The summed E-state index contributed by atoms with van der Waals surface area (Å²) in [6, 6.07) is 14.0. The Labute approximate surface area is 249 Å². The predicted molar refractivity (Wildman–Crippen MR) is 159 cm³/mol. The van der Waals surface area contributed by atoms with Crippen LogP contribution in [0, 0.1) is 0 Å². The molecule has 0 saturated carbocycles. The lowest BCUT2D eigenvalue weighted by atomic mass is 10.1. The highest BCUT2D eigenvalue weighted by Gasteiger charge is 2.31. The number of sulfonamides is 1. The molecule has 3 N–H and O–H groups in total. The van der Waals surface area contributed by atoms with Gasteiger partial charge in [-0.3, -0.25) is 14.2 Å². The highest BCUT2D eigenvalue weighted by molar-refractivity contribution is 7.89. The van der Waals surface area contributed by atoms with Crippen LogP contribution in [-0.4, -0.2) is 61.0 Å². The largest absolute Gasteiger partial charge is 0.524 e. The average molecular weight is 647 g/mol. The molecule has 0 spiro atoms. The van der Waals surface area contributed by atoms with Gasteiger partial charge in [0.15, 0.2) is 4.96 Å². The van der Waals surface area contributed by atoms with Crippen LogP contribution in [0.15, 0.2) is 77.3 Å². The number of nitrogens with one attached hydrogen (secondary N) is 1. The standard InChI is InChI=1S/C26H24ClN6O6PS2/c27-18-6-8-21(9-7-18)42(37,38)32-12-2-4-19(16-32)29-25-28-11-10-22(30-25)24-23(31-26-33(24)13-14-41-26)17-3-1-5-20(15-17)39-40(34,35)36/h1,3,5-11,13-15,19H,2,4,12,16H2,(H,28,29,30)(H2,34,35,36). The fourth-order valence-electron chi connectivity index (χ4n) is 4.85. The summed E-state index contributed by atoms with van der Waals surface area (Å²) in [5.41, 5.74) is 2.33. The Kier molecular flexibility index (Phi) is 7.79. The van der Waals surface area contributed by atoms with E-state index >= 15 is 0 Å². The van der Waals surface area contributed by atoms with Gasteiger partial charge in [0.25, 0.3) is 0 Å². The van der Waals surface area contributed by atoms with Gasteiger partial charge < -0.3 is 9.84 Å². The van der Waals surface area contributed by atoms with Gasteiger partial charge in [0, 0.05) is 47.5 Å². The Balaban J connectivity index is 1.28. The number of hydrogen-bond donors (Lipinski definition) is 3. The number of aromatic nitrogens is 4. The van der Waals surface area contributed by atoms with E-state index in [-0.39, 0.29) is 23.2 Å². The fourth-order valence-corrected chi connectivity index (χ4v) is 7.60. The number of phosphoric ester groups is 1. The van der Waals surface area contributed by atoms with Crippen LogP contribution in [0.3, 0.4) is 0 Å². The lowest BCUT2D eigenvalue weighted by Gasteiger charge is -2.32. The molecule has 0 aliphatic carbocycles. The van der Waals surface area contributed by atoms with Gasteiger partial charge in [-0.15, -0.1) is 11.3 Å². The molecule has 5 aromatic rings. The molecular weight excluding hydrogens is 623 g/mol. The van der Waals surface area contributed by atoms with Crippen molar-refractivity contribution in [1.82, 2.24) is 23.7 Å². The van der Waals surface area contributed by atoms with Crippen molar-refractivity contribution in [3.05, 3.63) is 77.4 Å². The van der Waals surface area contributed by atoms with Gasteiger partial charge >= 0.3 is 7.82 Å². The highest BCUT2D eigenvalue weighted by Crippen LogP contribution is 2.40. The second-order valence-corrected chi connectivity index (χ2v) is 14.0. The summed E-state index contributed by atoms with van der Waals surface area (Å²) in [5.74, 6) is 0.335. The van der Waals surface area contributed by atoms with Crippen molar-refractivity contribution in [2.75, 3.05) is 18.4 Å². The number of phosphoric acid groups is 1. The van der Waals surface area contributed by atoms with E-state index in [1.807, 2.05) is 16.0 Å². The summed E-state index contributed by atoms with van der Waals surface area (Å²) in [5, 5.41) is 5.65. The van der Waals surface area contributed by atoms with E-state index < -0.39 is 17.8 Å². The molecule has 0 radical (unpaired) electrons. The van der Waals surface area contributed by atoms with Crippen LogP contribution in [0.5, 0.6) is 5.75 Å². The number of hydrogen-bond acceptors (Lipinski definition) is 9. The number of nitrogens with zero attached hydrogens (tertiary/aromatic N) is 5. The maximum Gasteiger partial charge on any atom is 0.524 e. The first kappa shape index (κ1) is 28.7. The van der Waals surface area contributed by atoms with Gasteiger partial charge in [0.1, 0.15) is 11.4 Å². The third kappa shape index (κ3) is 6.06. The molecule has 218 valence electrons. The van der Waals surface area contributed by atoms with E-state index in [4.69, 9.17) is 26.1 Å². The zero-order chi connectivity index (χ0) is 29.5. The molecular formula is C26H24ClN6O6PS2. The van der Waals surface area contributed by atoms with Crippen molar-refractivity contribution < 1.29 is 27.3 Å². The molecule has 42 heavy (non-hydrogen) atoms. The number of piperidine rings is 1. The molecule has 1 aliphatic heterocycles. The van der Waals surface area contributed by atoms with E-state index in [0.717, 1.165) is 6.42 Å². The van der Waals surface area contributed by atoms with Crippen molar-refractivity contribution >= 4 is 51.7 Å². The Morgan fingerprint density at radius 1 is 1.12 bits per heavy atom. The number of fused-ring (bicyclic) bond motifs is 1. The summed E-state index contributed by atoms with van der Waals surface area (Å²) in [6.07, 6.45) is 4.87. The van der Waals surface area contributed by atoms with E-state index in [2.05, 4.69) is 10.3 Å². The minimum atomic E-state index is -4.74. The first-order valence-electron chi connectivity index (χ1n) is 12.7. The normalized spacial score (nSPS) is 16.5. The zero-order valence-corrected chi connectivity index (χ0v) is 25.0. The smallest absolute Gasteiger partial charge is 0.404 e. The molecule has 2 aromatic carbocycles. The summed E-state index contributed by atoms with van der Waals surface area (Å²) >= 11 is 7.37. The Hall–Kier alpha value is -3.36. The van der Waals surface area contributed by atoms with Crippen molar-refractivity contribution in [3.8, 4) is 28.4 Å². The fraction of sp³-hybridized carbons (Fsp3) is 0.192. The molecule has 12 nitrogen and oxygen atoms in total. The molecule has 0 amide bonds. The van der Waals surface area contributed by atoms with Crippen LogP contribution in [0.2, 0.25) is 5.02 Å². The quantitative estimate of drug-likeness (QED) is 0.198. The molecule has 1 fully saturated rings. The number of rotatable bonds is 8. The molecule has 1 atom stereocenters. The van der Waals surface area contributed by atoms with Gasteiger partial charge in [-0.25, -0.2) is 27.9 Å². The van der Waals surface area contributed by atoms with E-state index in [1.54, 1.807) is 36.5 Å². The van der Waals surface area contributed by atoms with Crippen molar-refractivity contribution in [2.45, 2.75) is 23.8 Å². The van der Waals surface area contributed by atoms with E-state index in [9.17, 15) is 22.8 Å². The third-order valence-corrected chi connectivity index (χ3v) is 10.00. The monoisotopic (exact) mass is 646 g/mol.